The topological polar surface area (TPSA) is 54.5 Å². The molecule has 0 heterocycles. The molecular weight excluding hydrogens is 305 g/mol. The quantitative estimate of drug-likeness (QED) is 0.771. The molecule has 0 aromatic heterocycles. The predicted octanol–water partition coefficient (Wildman–Crippen LogP) is 2.18. The molecule has 1 aromatic carbocycles. The van der Waals surface area contributed by atoms with Crippen LogP contribution in [0.3, 0.4) is 0 Å². The van der Waals surface area contributed by atoms with E-state index in [1.54, 1.807) is 24.0 Å². The fourth-order valence-electron chi connectivity index (χ4n) is 2.75. The zero-order valence-corrected chi connectivity index (χ0v) is 13.8. The molecule has 0 N–H and O–H groups in total. The number of carbonyl (C=O) groups excluding carboxylic acids is 1. The van der Waals surface area contributed by atoms with Crippen LogP contribution in [0.25, 0.3) is 0 Å². The summed E-state index contributed by atoms with van der Waals surface area (Å²) in [6, 6.07) is 6.06. The lowest BCUT2D eigenvalue weighted by atomic mass is 10.1. The molecule has 1 aliphatic rings. The molecule has 1 atom stereocenters. The number of aryl methyl sites for hydroxylation is 1. The first kappa shape index (κ1) is 16.9. The van der Waals surface area contributed by atoms with E-state index in [9.17, 15) is 17.6 Å². The molecule has 22 heavy (non-hydrogen) atoms. The van der Waals surface area contributed by atoms with Gasteiger partial charge in [0.2, 0.25) is 5.91 Å². The number of hydrogen-bond donors (Lipinski definition) is 0. The Hall–Kier alpha value is -1.43. The van der Waals surface area contributed by atoms with Crippen molar-refractivity contribution >= 4 is 15.7 Å². The summed E-state index contributed by atoms with van der Waals surface area (Å²) in [6.07, 6.45) is 3.78. The molecule has 1 saturated carbocycles. The number of nitrogens with zero attached hydrogens (tertiary/aromatic N) is 1. The predicted molar refractivity (Wildman–Crippen MR) is 83.8 cm³/mol. The van der Waals surface area contributed by atoms with E-state index >= 15 is 0 Å². The summed E-state index contributed by atoms with van der Waals surface area (Å²) in [5.41, 5.74) is 0.778. The van der Waals surface area contributed by atoms with E-state index in [1.807, 2.05) is 0 Å². The van der Waals surface area contributed by atoms with Gasteiger partial charge in [-0.3, -0.25) is 4.79 Å². The molecule has 1 fully saturated rings. The van der Waals surface area contributed by atoms with Crippen LogP contribution >= 0.6 is 0 Å². The molecule has 122 valence electrons. The normalized spacial score (nSPS) is 16.3. The third-order valence-corrected chi connectivity index (χ3v) is 4.85. The minimum absolute atomic E-state index is 0.0186. The lowest BCUT2D eigenvalue weighted by Gasteiger charge is -2.29. The summed E-state index contributed by atoms with van der Waals surface area (Å²) in [7, 11) is -3.12. The van der Waals surface area contributed by atoms with Crippen LogP contribution in [-0.2, 0) is 21.1 Å². The molecule has 4 nitrogen and oxygen atoms in total. The van der Waals surface area contributed by atoms with Crippen molar-refractivity contribution in [3.05, 3.63) is 35.6 Å². The van der Waals surface area contributed by atoms with E-state index in [1.165, 1.54) is 18.4 Å². The Morgan fingerprint density at radius 1 is 1.41 bits per heavy atom. The van der Waals surface area contributed by atoms with Crippen LogP contribution in [0.4, 0.5) is 4.39 Å². The van der Waals surface area contributed by atoms with Crippen molar-refractivity contribution in [2.24, 2.45) is 0 Å². The maximum absolute atomic E-state index is 13.1. The zero-order chi connectivity index (χ0) is 16.3. The van der Waals surface area contributed by atoms with E-state index in [0.717, 1.165) is 18.4 Å². The summed E-state index contributed by atoms with van der Waals surface area (Å²) in [5.74, 6) is -0.382. The molecule has 6 heteroatoms. The lowest BCUT2D eigenvalue weighted by molar-refractivity contribution is -0.133. The smallest absolute Gasteiger partial charge is 0.223 e. The van der Waals surface area contributed by atoms with Crippen molar-refractivity contribution in [1.82, 2.24) is 4.90 Å². The third-order valence-electron chi connectivity index (χ3n) is 3.76. The van der Waals surface area contributed by atoms with Gasteiger partial charge in [0.05, 0.1) is 5.75 Å². The van der Waals surface area contributed by atoms with E-state index in [4.69, 9.17) is 0 Å². The molecule has 0 aliphatic heterocycles. The highest BCUT2D eigenvalue weighted by molar-refractivity contribution is 7.90. The Balaban J connectivity index is 1.98. The molecule has 1 amide bonds. The molecule has 0 bridgehead atoms. The van der Waals surface area contributed by atoms with Gasteiger partial charge in [-0.05, 0) is 43.9 Å². The monoisotopic (exact) mass is 327 g/mol. The Morgan fingerprint density at radius 2 is 2.09 bits per heavy atom. The number of amides is 1. The Labute approximate surface area is 131 Å². The molecule has 0 radical (unpaired) electrons. The number of benzene rings is 1. The van der Waals surface area contributed by atoms with Crippen molar-refractivity contribution in [3.63, 3.8) is 0 Å². The SMILES string of the molecule is C[C@H](CS(C)(=O)=O)N(C(=O)CCc1cccc(F)c1)C1CC1. The van der Waals surface area contributed by atoms with Gasteiger partial charge in [0.25, 0.3) is 0 Å². The number of rotatable bonds is 7. The lowest BCUT2D eigenvalue weighted by Crippen LogP contribution is -2.43. The number of carbonyl (C=O) groups is 1. The Kier molecular flexibility index (Phi) is 5.21. The summed E-state index contributed by atoms with van der Waals surface area (Å²) in [4.78, 5) is 14.2. The second-order valence-corrected chi connectivity index (χ2v) is 8.29. The van der Waals surface area contributed by atoms with Crippen LogP contribution in [0.1, 0.15) is 31.7 Å². The van der Waals surface area contributed by atoms with E-state index < -0.39 is 9.84 Å². The van der Waals surface area contributed by atoms with Crippen molar-refractivity contribution in [2.75, 3.05) is 12.0 Å². The fraction of sp³-hybridized carbons (Fsp3) is 0.562. The van der Waals surface area contributed by atoms with Gasteiger partial charge in [0.15, 0.2) is 0 Å². The fourth-order valence-corrected chi connectivity index (χ4v) is 3.79. The van der Waals surface area contributed by atoms with Gasteiger partial charge in [-0.2, -0.15) is 0 Å². The van der Waals surface area contributed by atoms with E-state index in [2.05, 4.69) is 0 Å². The average molecular weight is 327 g/mol. The summed E-state index contributed by atoms with van der Waals surface area (Å²) in [5, 5.41) is 0. The van der Waals surface area contributed by atoms with Gasteiger partial charge in [-0.1, -0.05) is 12.1 Å². The van der Waals surface area contributed by atoms with E-state index in [0.29, 0.717) is 6.42 Å². The summed E-state index contributed by atoms with van der Waals surface area (Å²) < 4.78 is 36.0. The van der Waals surface area contributed by atoms with E-state index in [-0.39, 0.29) is 36.0 Å². The van der Waals surface area contributed by atoms with Crippen LogP contribution in [0.5, 0.6) is 0 Å². The number of hydrogen-bond acceptors (Lipinski definition) is 3. The Morgan fingerprint density at radius 3 is 2.64 bits per heavy atom. The van der Waals surface area contributed by atoms with Crippen LogP contribution in [0, 0.1) is 5.82 Å². The highest BCUT2D eigenvalue weighted by Gasteiger charge is 2.36. The molecule has 1 aliphatic carbocycles. The highest BCUT2D eigenvalue weighted by atomic mass is 32.2. The highest BCUT2D eigenvalue weighted by Crippen LogP contribution is 2.30. The van der Waals surface area contributed by atoms with Crippen molar-refractivity contribution in [1.29, 1.82) is 0 Å². The standard InChI is InChI=1S/C16H22FNO3S/c1-12(11-22(2,20)21)18(15-7-8-15)16(19)9-6-13-4-3-5-14(17)10-13/h3-5,10,12,15H,6-9,11H2,1-2H3/t12-/m1/s1. The molecule has 1 aromatic rings. The second-order valence-electron chi connectivity index (χ2n) is 6.10. The number of sulfone groups is 1. The summed E-state index contributed by atoms with van der Waals surface area (Å²) in [6.45, 7) is 1.78. The van der Waals surface area contributed by atoms with Crippen molar-refractivity contribution < 1.29 is 17.6 Å². The molecule has 0 unspecified atom stereocenters. The van der Waals surface area contributed by atoms with Crippen molar-refractivity contribution in [3.8, 4) is 0 Å². The minimum atomic E-state index is -3.12. The maximum Gasteiger partial charge on any atom is 0.223 e. The first-order valence-corrected chi connectivity index (χ1v) is 9.55. The van der Waals surface area contributed by atoms with Gasteiger partial charge < -0.3 is 4.90 Å². The van der Waals surface area contributed by atoms with Gasteiger partial charge in [0.1, 0.15) is 15.7 Å². The van der Waals surface area contributed by atoms with Crippen LogP contribution < -0.4 is 0 Å². The molecule has 0 spiro atoms. The first-order valence-electron chi connectivity index (χ1n) is 7.49. The maximum atomic E-state index is 13.1. The molecular formula is C16H22FNO3S. The minimum Gasteiger partial charge on any atom is -0.336 e. The Bertz CT molecular complexity index is 641. The number of halogens is 1. The second kappa shape index (κ2) is 6.77. The molecule has 0 saturated heterocycles. The summed E-state index contributed by atoms with van der Waals surface area (Å²) >= 11 is 0. The van der Waals surface area contributed by atoms with Gasteiger partial charge >= 0.3 is 0 Å². The average Bonchev–Trinajstić information content (AvgIpc) is 3.19. The van der Waals surface area contributed by atoms with Crippen molar-refractivity contribution in [2.45, 2.75) is 44.7 Å². The van der Waals surface area contributed by atoms with Crippen LogP contribution in [0.2, 0.25) is 0 Å². The largest absolute Gasteiger partial charge is 0.336 e. The zero-order valence-electron chi connectivity index (χ0n) is 13.0. The van der Waals surface area contributed by atoms with Gasteiger partial charge in [0, 0.05) is 24.8 Å². The van der Waals surface area contributed by atoms with Gasteiger partial charge in [-0.25, -0.2) is 12.8 Å². The third kappa shape index (κ3) is 5.09. The van der Waals surface area contributed by atoms with Gasteiger partial charge in [-0.15, -0.1) is 0 Å². The first-order chi connectivity index (χ1) is 10.3. The van der Waals surface area contributed by atoms with Crippen LogP contribution in [0.15, 0.2) is 24.3 Å². The van der Waals surface area contributed by atoms with Crippen LogP contribution in [-0.4, -0.2) is 43.3 Å². The molecule has 2 rings (SSSR count).